The Morgan fingerprint density at radius 2 is 1.63 bits per heavy atom. The highest BCUT2D eigenvalue weighted by atomic mass is 16.3. The van der Waals surface area contributed by atoms with E-state index < -0.39 is 6.04 Å². The lowest BCUT2D eigenvalue weighted by atomic mass is 10.0. The van der Waals surface area contributed by atoms with Crippen LogP contribution in [0, 0.1) is 0 Å². The van der Waals surface area contributed by atoms with Gasteiger partial charge < -0.3 is 15.7 Å². The summed E-state index contributed by atoms with van der Waals surface area (Å²) >= 11 is 0. The van der Waals surface area contributed by atoms with Crippen LogP contribution in [0.3, 0.4) is 0 Å². The van der Waals surface area contributed by atoms with Crippen molar-refractivity contribution in [2.24, 2.45) is 5.73 Å². The molecule has 1 aromatic rings. The lowest BCUT2D eigenvalue weighted by Crippen LogP contribution is -2.50. The number of phenols is 1. The van der Waals surface area contributed by atoms with Gasteiger partial charge in [0.2, 0.25) is 5.91 Å². The van der Waals surface area contributed by atoms with Crippen molar-refractivity contribution in [1.29, 1.82) is 0 Å². The molecule has 0 saturated heterocycles. The molecule has 0 aliphatic heterocycles. The molecule has 1 rings (SSSR count). The highest BCUT2D eigenvalue weighted by Crippen LogP contribution is 2.13. The molecule has 4 heteroatoms. The molecule has 0 unspecified atom stereocenters. The van der Waals surface area contributed by atoms with Gasteiger partial charge in [-0.05, 0) is 51.8 Å². The minimum absolute atomic E-state index is 0.0296. The lowest BCUT2D eigenvalue weighted by molar-refractivity contribution is -0.136. The first-order valence-electron chi connectivity index (χ1n) is 6.68. The molecule has 106 valence electrons. The zero-order valence-electron chi connectivity index (χ0n) is 12.1. The second-order valence-electron chi connectivity index (χ2n) is 5.41. The maximum atomic E-state index is 12.3. The molecule has 0 aromatic heterocycles. The van der Waals surface area contributed by atoms with Crippen LogP contribution in [-0.2, 0) is 11.2 Å². The van der Waals surface area contributed by atoms with Gasteiger partial charge in [0.25, 0.3) is 0 Å². The number of hydrogen-bond donors (Lipinski definition) is 2. The highest BCUT2D eigenvalue weighted by molar-refractivity contribution is 5.82. The minimum atomic E-state index is -0.547. The number of nitrogens with two attached hydrogens (primary N) is 1. The fraction of sp³-hybridized carbons (Fsp3) is 0.533. The summed E-state index contributed by atoms with van der Waals surface area (Å²) in [6.07, 6.45) is 0.481. The Morgan fingerprint density at radius 3 is 2.05 bits per heavy atom. The van der Waals surface area contributed by atoms with Crippen LogP contribution < -0.4 is 5.73 Å². The fourth-order valence-corrected chi connectivity index (χ4v) is 2.27. The standard InChI is InChI=1S/C15H24N2O2/c1-10(2)17(11(3)4)15(19)14(16)9-12-5-7-13(18)8-6-12/h5-8,10-11,14,18H,9,16H2,1-4H3/t14-/m0/s1. The van der Waals surface area contributed by atoms with Crippen LogP contribution >= 0.6 is 0 Å². The normalized spacial score (nSPS) is 12.8. The van der Waals surface area contributed by atoms with Crippen molar-refractivity contribution in [1.82, 2.24) is 4.90 Å². The number of carbonyl (C=O) groups is 1. The Morgan fingerprint density at radius 1 is 1.16 bits per heavy atom. The van der Waals surface area contributed by atoms with E-state index in [0.29, 0.717) is 6.42 Å². The van der Waals surface area contributed by atoms with Crippen LogP contribution in [0.2, 0.25) is 0 Å². The molecule has 4 nitrogen and oxygen atoms in total. The first kappa shape index (κ1) is 15.5. The molecule has 1 atom stereocenters. The number of aromatic hydroxyl groups is 1. The van der Waals surface area contributed by atoms with E-state index in [1.54, 1.807) is 24.3 Å². The smallest absolute Gasteiger partial charge is 0.240 e. The van der Waals surface area contributed by atoms with Gasteiger partial charge in [-0.25, -0.2) is 0 Å². The summed E-state index contributed by atoms with van der Waals surface area (Å²) in [7, 11) is 0. The molecule has 0 fully saturated rings. The SMILES string of the molecule is CC(C)N(C(=O)[C@@H](N)Cc1ccc(O)cc1)C(C)C. The van der Waals surface area contributed by atoms with E-state index in [0.717, 1.165) is 5.56 Å². The first-order chi connectivity index (χ1) is 8.82. The van der Waals surface area contributed by atoms with Gasteiger partial charge in [0, 0.05) is 12.1 Å². The van der Waals surface area contributed by atoms with Gasteiger partial charge in [0.05, 0.1) is 6.04 Å². The van der Waals surface area contributed by atoms with Gasteiger partial charge in [-0.1, -0.05) is 12.1 Å². The number of benzene rings is 1. The van der Waals surface area contributed by atoms with Crippen LogP contribution in [0.4, 0.5) is 0 Å². The van der Waals surface area contributed by atoms with Gasteiger partial charge >= 0.3 is 0 Å². The van der Waals surface area contributed by atoms with Crippen LogP contribution in [0.1, 0.15) is 33.3 Å². The molecule has 0 heterocycles. The highest BCUT2D eigenvalue weighted by Gasteiger charge is 2.25. The van der Waals surface area contributed by atoms with E-state index in [1.807, 2.05) is 32.6 Å². The number of rotatable bonds is 5. The summed E-state index contributed by atoms with van der Waals surface area (Å²) < 4.78 is 0. The largest absolute Gasteiger partial charge is 0.508 e. The van der Waals surface area contributed by atoms with Crippen LogP contribution in [0.5, 0.6) is 5.75 Å². The molecule has 19 heavy (non-hydrogen) atoms. The molecular weight excluding hydrogens is 240 g/mol. The van der Waals surface area contributed by atoms with E-state index in [9.17, 15) is 9.90 Å². The number of nitrogens with zero attached hydrogens (tertiary/aromatic N) is 1. The number of amides is 1. The third kappa shape index (κ3) is 4.24. The number of hydrogen-bond acceptors (Lipinski definition) is 3. The van der Waals surface area contributed by atoms with Gasteiger partial charge in [0.15, 0.2) is 0 Å². The molecule has 0 spiro atoms. The fourth-order valence-electron chi connectivity index (χ4n) is 2.27. The van der Waals surface area contributed by atoms with Crippen molar-refractivity contribution in [3.05, 3.63) is 29.8 Å². The van der Waals surface area contributed by atoms with Gasteiger partial charge in [-0.15, -0.1) is 0 Å². The van der Waals surface area contributed by atoms with Crippen molar-refractivity contribution < 1.29 is 9.90 Å². The van der Waals surface area contributed by atoms with Gasteiger partial charge in [0.1, 0.15) is 5.75 Å². The third-order valence-corrected chi connectivity index (χ3v) is 3.08. The summed E-state index contributed by atoms with van der Waals surface area (Å²) in [5.74, 6) is 0.188. The molecule has 1 aromatic carbocycles. The van der Waals surface area contributed by atoms with E-state index in [-0.39, 0.29) is 23.7 Å². The summed E-state index contributed by atoms with van der Waals surface area (Å²) in [5, 5.41) is 9.23. The molecule has 0 saturated carbocycles. The van der Waals surface area contributed by atoms with E-state index in [4.69, 9.17) is 5.73 Å². The van der Waals surface area contributed by atoms with Crippen molar-refractivity contribution in [2.45, 2.75) is 52.2 Å². The summed E-state index contributed by atoms with van der Waals surface area (Å²) in [5.41, 5.74) is 6.96. The maximum Gasteiger partial charge on any atom is 0.240 e. The Kier molecular flexibility index (Phi) is 5.36. The topological polar surface area (TPSA) is 66.6 Å². The van der Waals surface area contributed by atoms with Crippen LogP contribution in [0.25, 0.3) is 0 Å². The zero-order chi connectivity index (χ0) is 14.6. The van der Waals surface area contributed by atoms with Crippen LogP contribution in [-0.4, -0.2) is 34.0 Å². The summed E-state index contributed by atoms with van der Waals surface area (Å²) in [6, 6.07) is 6.52. The molecule has 3 N–H and O–H groups in total. The Bertz CT molecular complexity index is 405. The van der Waals surface area contributed by atoms with Crippen molar-refractivity contribution in [2.75, 3.05) is 0 Å². The van der Waals surface area contributed by atoms with Gasteiger partial charge in [-0.2, -0.15) is 0 Å². The average molecular weight is 264 g/mol. The second kappa shape index (κ2) is 6.57. The Hall–Kier alpha value is -1.55. The molecule has 1 amide bonds. The quantitative estimate of drug-likeness (QED) is 0.853. The van der Waals surface area contributed by atoms with E-state index >= 15 is 0 Å². The third-order valence-electron chi connectivity index (χ3n) is 3.08. The lowest BCUT2D eigenvalue weighted by Gasteiger charge is -2.33. The van der Waals surface area contributed by atoms with Crippen molar-refractivity contribution in [3.63, 3.8) is 0 Å². The summed E-state index contributed by atoms with van der Waals surface area (Å²) in [4.78, 5) is 14.2. The molecule has 0 bridgehead atoms. The van der Waals surface area contributed by atoms with E-state index in [1.165, 1.54) is 0 Å². The molecule has 0 aliphatic carbocycles. The Labute approximate surface area is 115 Å². The minimum Gasteiger partial charge on any atom is -0.508 e. The molecule has 0 aliphatic rings. The van der Waals surface area contributed by atoms with E-state index in [2.05, 4.69) is 0 Å². The number of carbonyl (C=O) groups excluding carboxylic acids is 1. The first-order valence-corrected chi connectivity index (χ1v) is 6.68. The summed E-state index contributed by atoms with van der Waals surface area (Å²) in [6.45, 7) is 7.96. The molecule has 0 radical (unpaired) electrons. The average Bonchev–Trinajstić information content (AvgIpc) is 2.31. The zero-order valence-corrected chi connectivity index (χ0v) is 12.1. The monoisotopic (exact) mass is 264 g/mol. The van der Waals surface area contributed by atoms with Crippen LogP contribution in [0.15, 0.2) is 24.3 Å². The predicted molar refractivity (Wildman–Crippen MR) is 76.9 cm³/mol. The second-order valence-corrected chi connectivity index (χ2v) is 5.41. The number of phenolic OH excluding ortho intramolecular Hbond substituents is 1. The van der Waals surface area contributed by atoms with Crippen molar-refractivity contribution in [3.8, 4) is 5.75 Å². The molecular formula is C15H24N2O2. The maximum absolute atomic E-state index is 12.3. The Balaban J connectivity index is 2.73. The predicted octanol–water partition coefficient (Wildman–Crippen LogP) is 1.91. The van der Waals surface area contributed by atoms with Crippen molar-refractivity contribution >= 4 is 5.91 Å². The van der Waals surface area contributed by atoms with Gasteiger partial charge in [-0.3, -0.25) is 4.79 Å².